The van der Waals surface area contributed by atoms with Crippen LogP contribution < -0.4 is 15.5 Å². The predicted molar refractivity (Wildman–Crippen MR) is 106 cm³/mol. The van der Waals surface area contributed by atoms with E-state index >= 15 is 0 Å². The summed E-state index contributed by atoms with van der Waals surface area (Å²) in [6.07, 6.45) is 1.83. The Kier molecular flexibility index (Phi) is 10.1. The number of nitrogens with one attached hydrogen (secondary N) is 2. The molecule has 1 unspecified atom stereocenters. The van der Waals surface area contributed by atoms with Gasteiger partial charge in [-0.25, -0.2) is 9.98 Å². The molecule has 126 valence electrons. The molecule has 5 nitrogen and oxygen atoms in total. The molecule has 0 radical (unpaired) electrons. The normalized spacial score (nSPS) is 12.6. The fourth-order valence-corrected chi connectivity index (χ4v) is 1.68. The maximum Gasteiger partial charge on any atom is 0.191 e. The third kappa shape index (κ3) is 7.29. The topological polar surface area (TPSA) is 52.6 Å². The molecule has 0 aliphatic rings. The molecule has 0 saturated heterocycles. The predicted octanol–water partition coefficient (Wildman–Crippen LogP) is 2.87. The smallest absolute Gasteiger partial charge is 0.191 e. The van der Waals surface area contributed by atoms with Crippen molar-refractivity contribution in [1.29, 1.82) is 0 Å². The average Bonchev–Trinajstić information content (AvgIpc) is 2.45. The Morgan fingerprint density at radius 2 is 2.00 bits per heavy atom. The molecule has 22 heavy (non-hydrogen) atoms. The van der Waals surface area contributed by atoms with Gasteiger partial charge in [0.15, 0.2) is 5.96 Å². The number of guanidine groups is 1. The number of pyridine rings is 1. The Labute approximate surface area is 152 Å². The minimum absolute atomic E-state index is 0. The van der Waals surface area contributed by atoms with Gasteiger partial charge >= 0.3 is 0 Å². The zero-order valence-electron chi connectivity index (χ0n) is 14.6. The molecule has 1 rings (SSSR count). The summed E-state index contributed by atoms with van der Waals surface area (Å²) in [6.45, 7) is 10.2. The van der Waals surface area contributed by atoms with Crippen LogP contribution >= 0.6 is 24.0 Å². The first-order valence-electron chi connectivity index (χ1n) is 7.61. The Morgan fingerprint density at radius 1 is 1.32 bits per heavy atom. The molecule has 2 N–H and O–H groups in total. The second kappa shape index (κ2) is 10.6. The molecule has 0 aliphatic heterocycles. The third-order valence-electron chi connectivity index (χ3n) is 3.40. The molecule has 1 heterocycles. The van der Waals surface area contributed by atoms with E-state index in [1.165, 1.54) is 0 Å². The van der Waals surface area contributed by atoms with Gasteiger partial charge in [-0.15, -0.1) is 24.0 Å². The molecule has 0 aromatic carbocycles. The van der Waals surface area contributed by atoms with Crippen molar-refractivity contribution in [1.82, 2.24) is 15.6 Å². The lowest BCUT2D eigenvalue weighted by molar-refractivity contribution is 0.481. The average molecular weight is 419 g/mol. The number of hydrogen-bond donors (Lipinski definition) is 2. The van der Waals surface area contributed by atoms with Crippen LogP contribution in [-0.4, -0.2) is 37.6 Å². The fraction of sp³-hybridized carbons (Fsp3) is 0.625. The van der Waals surface area contributed by atoms with Gasteiger partial charge in [0.25, 0.3) is 0 Å². The number of halogens is 1. The highest BCUT2D eigenvalue weighted by Crippen LogP contribution is 2.10. The Bertz CT molecular complexity index is 460. The van der Waals surface area contributed by atoms with Gasteiger partial charge < -0.3 is 15.5 Å². The van der Waals surface area contributed by atoms with E-state index in [1.807, 2.05) is 31.3 Å². The highest BCUT2D eigenvalue weighted by atomic mass is 127. The Balaban J connectivity index is 0.00000441. The Morgan fingerprint density at radius 3 is 2.55 bits per heavy atom. The van der Waals surface area contributed by atoms with E-state index in [0.717, 1.165) is 23.9 Å². The van der Waals surface area contributed by atoms with Gasteiger partial charge in [0, 0.05) is 32.9 Å². The van der Waals surface area contributed by atoms with Gasteiger partial charge in [-0.2, -0.15) is 0 Å². The summed E-state index contributed by atoms with van der Waals surface area (Å²) in [5.74, 6) is 2.38. The summed E-state index contributed by atoms with van der Waals surface area (Å²) >= 11 is 0. The van der Waals surface area contributed by atoms with Gasteiger partial charge in [-0.1, -0.05) is 13.8 Å². The summed E-state index contributed by atoms with van der Waals surface area (Å²) < 4.78 is 0. The van der Waals surface area contributed by atoms with Crippen molar-refractivity contribution < 1.29 is 0 Å². The number of aliphatic imine (C=N–C) groups is 1. The summed E-state index contributed by atoms with van der Waals surface area (Å²) in [6, 6.07) is 4.46. The van der Waals surface area contributed by atoms with E-state index in [0.29, 0.717) is 18.5 Å². The lowest BCUT2D eigenvalue weighted by atomic mass is 10.1. The van der Waals surface area contributed by atoms with Crippen molar-refractivity contribution in [3.05, 3.63) is 23.9 Å². The third-order valence-corrected chi connectivity index (χ3v) is 3.40. The number of hydrogen-bond acceptors (Lipinski definition) is 3. The molecule has 1 aromatic heterocycles. The monoisotopic (exact) mass is 419 g/mol. The first-order chi connectivity index (χ1) is 9.93. The Hall–Kier alpha value is -1.05. The van der Waals surface area contributed by atoms with Crippen molar-refractivity contribution in [3.8, 4) is 0 Å². The molecule has 0 spiro atoms. The number of aromatic nitrogens is 1. The summed E-state index contributed by atoms with van der Waals surface area (Å²) in [4.78, 5) is 11.0. The summed E-state index contributed by atoms with van der Waals surface area (Å²) in [7, 11) is 3.98. The zero-order valence-corrected chi connectivity index (χ0v) is 16.9. The van der Waals surface area contributed by atoms with Crippen molar-refractivity contribution in [3.63, 3.8) is 0 Å². The maximum absolute atomic E-state index is 4.65. The first kappa shape index (κ1) is 20.9. The minimum Gasteiger partial charge on any atom is -0.363 e. The molecule has 0 saturated carbocycles. The van der Waals surface area contributed by atoms with Gasteiger partial charge in [0.2, 0.25) is 0 Å². The maximum atomic E-state index is 4.65. The van der Waals surface area contributed by atoms with E-state index in [1.54, 1.807) is 0 Å². The van der Waals surface area contributed by atoms with Crippen LogP contribution in [0.2, 0.25) is 0 Å². The molecule has 6 heteroatoms. The van der Waals surface area contributed by atoms with Crippen LogP contribution in [0.5, 0.6) is 0 Å². The molecule has 0 amide bonds. The van der Waals surface area contributed by atoms with Crippen LogP contribution in [0.4, 0.5) is 5.82 Å². The van der Waals surface area contributed by atoms with Crippen molar-refractivity contribution in [2.45, 2.75) is 40.3 Å². The number of nitrogens with zero attached hydrogens (tertiary/aromatic N) is 3. The van der Waals surface area contributed by atoms with Crippen LogP contribution in [0.1, 0.15) is 33.3 Å². The largest absolute Gasteiger partial charge is 0.363 e. The van der Waals surface area contributed by atoms with Crippen molar-refractivity contribution >= 4 is 35.8 Å². The highest BCUT2D eigenvalue weighted by molar-refractivity contribution is 14.0. The second-order valence-corrected chi connectivity index (χ2v) is 5.79. The zero-order chi connectivity index (χ0) is 15.8. The first-order valence-corrected chi connectivity index (χ1v) is 7.61. The molecule has 1 aromatic rings. The molecule has 1 atom stereocenters. The molecular formula is C16H30IN5. The highest BCUT2D eigenvalue weighted by Gasteiger charge is 2.08. The van der Waals surface area contributed by atoms with Gasteiger partial charge in [0.1, 0.15) is 5.82 Å². The van der Waals surface area contributed by atoms with E-state index < -0.39 is 0 Å². The second-order valence-electron chi connectivity index (χ2n) is 5.79. The van der Waals surface area contributed by atoms with E-state index in [9.17, 15) is 0 Å². The molecule has 0 fully saturated rings. The molecule has 0 aliphatic carbocycles. The SMILES string of the molecule is CCNC(=NCc1ccnc(N(C)C)c1)NC(C)C(C)C.I. The van der Waals surface area contributed by atoms with Crippen molar-refractivity contribution in [2.24, 2.45) is 10.9 Å². The minimum atomic E-state index is 0. The van der Waals surface area contributed by atoms with E-state index in [4.69, 9.17) is 0 Å². The summed E-state index contributed by atoms with van der Waals surface area (Å²) in [5.41, 5.74) is 1.16. The summed E-state index contributed by atoms with van der Waals surface area (Å²) in [5, 5.41) is 6.73. The molecule has 0 bridgehead atoms. The number of rotatable bonds is 6. The van der Waals surface area contributed by atoms with Gasteiger partial charge in [-0.3, -0.25) is 0 Å². The molecular weight excluding hydrogens is 389 g/mol. The lowest BCUT2D eigenvalue weighted by Gasteiger charge is -2.20. The van der Waals surface area contributed by atoms with E-state index in [-0.39, 0.29) is 24.0 Å². The van der Waals surface area contributed by atoms with Crippen molar-refractivity contribution in [2.75, 3.05) is 25.5 Å². The van der Waals surface area contributed by atoms with Crippen LogP contribution in [-0.2, 0) is 6.54 Å². The quantitative estimate of drug-likeness (QED) is 0.423. The van der Waals surface area contributed by atoms with Crippen LogP contribution in [0.25, 0.3) is 0 Å². The van der Waals surface area contributed by atoms with Crippen LogP contribution in [0, 0.1) is 5.92 Å². The van der Waals surface area contributed by atoms with Gasteiger partial charge in [-0.05, 0) is 37.5 Å². The van der Waals surface area contributed by atoms with Crippen LogP contribution in [0.3, 0.4) is 0 Å². The van der Waals surface area contributed by atoms with Gasteiger partial charge in [0.05, 0.1) is 6.54 Å². The van der Waals surface area contributed by atoms with Crippen LogP contribution in [0.15, 0.2) is 23.3 Å². The number of anilines is 1. The standard InChI is InChI=1S/C16H29N5.HI/c1-7-17-16(20-13(4)12(2)3)19-11-14-8-9-18-15(10-14)21(5)6;/h8-10,12-13H,7,11H2,1-6H3,(H2,17,19,20);1H. The van der Waals surface area contributed by atoms with E-state index in [2.05, 4.69) is 54.4 Å². The fourth-order valence-electron chi connectivity index (χ4n) is 1.68. The lowest BCUT2D eigenvalue weighted by Crippen LogP contribution is -2.44.